The van der Waals surface area contributed by atoms with E-state index in [1.54, 1.807) is 29.2 Å². The van der Waals surface area contributed by atoms with Gasteiger partial charge in [0.1, 0.15) is 11.4 Å². The summed E-state index contributed by atoms with van der Waals surface area (Å²) < 4.78 is 16.1. The van der Waals surface area contributed by atoms with Gasteiger partial charge in [-0.15, -0.1) is 0 Å². The average molecular weight is 402 g/mol. The second-order valence-electron chi connectivity index (χ2n) is 8.13. The Morgan fingerprint density at radius 3 is 2.55 bits per heavy atom. The molecule has 1 aromatic carbocycles. The first-order chi connectivity index (χ1) is 13.6. The average Bonchev–Trinajstić information content (AvgIpc) is 2.65. The third-order valence-corrected chi connectivity index (χ3v) is 4.73. The van der Waals surface area contributed by atoms with Gasteiger partial charge in [-0.25, -0.2) is 9.59 Å². The van der Waals surface area contributed by atoms with Crippen molar-refractivity contribution >= 4 is 24.0 Å². The number of fused-ring (bicyclic) bond motifs is 1. The van der Waals surface area contributed by atoms with Crippen LogP contribution in [0.5, 0.6) is 5.75 Å². The molecule has 1 fully saturated rings. The van der Waals surface area contributed by atoms with Crippen molar-refractivity contribution in [3.05, 3.63) is 35.4 Å². The second kappa shape index (κ2) is 7.77. The van der Waals surface area contributed by atoms with Crippen molar-refractivity contribution in [3.8, 4) is 5.75 Å². The molecule has 1 aromatic rings. The molecule has 2 aliphatic heterocycles. The van der Waals surface area contributed by atoms with Crippen LogP contribution in [-0.4, -0.2) is 54.4 Å². The number of hydrogen-bond acceptors (Lipinski definition) is 6. The summed E-state index contributed by atoms with van der Waals surface area (Å²) in [5, 5.41) is 2.94. The van der Waals surface area contributed by atoms with Gasteiger partial charge < -0.3 is 24.4 Å². The fraction of sp³-hybridized carbons (Fsp3) is 0.476. The van der Waals surface area contributed by atoms with Gasteiger partial charge in [0.05, 0.1) is 12.7 Å². The van der Waals surface area contributed by atoms with E-state index in [0.717, 1.165) is 0 Å². The monoisotopic (exact) mass is 402 g/mol. The normalized spacial score (nSPS) is 18.1. The Hall–Kier alpha value is -3.03. The van der Waals surface area contributed by atoms with E-state index in [1.165, 1.54) is 13.2 Å². The molecule has 0 aromatic heterocycles. The van der Waals surface area contributed by atoms with Crippen LogP contribution in [0.3, 0.4) is 0 Å². The minimum Gasteiger partial charge on any atom is -0.467 e. The quantitative estimate of drug-likeness (QED) is 0.604. The smallest absolute Gasteiger partial charge is 0.410 e. The maximum Gasteiger partial charge on any atom is 0.410 e. The van der Waals surface area contributed by atoms with Crippen molar-refractivity contribution in [1.29, 1.82) is 0 Å². The minimum absolute atomic E-state index is 0.245. The number of rotatable bonds is 2. The number of piperidine rings is 1. The number of likely N-dealkylation sites (tertiary alicyclic amines) is 1. The third-order valence-electron chi connectivity index (χ3n) is 4.73. The maximum atomic E-state index is 12.7. The number of methoxy groups -OCH3 is 1. The van der Waals surface area contributed by atoms with Gasteiger partial charge in [-0.2, -0.15) is 0 Å². The molecule has 0 atom stereocenters. The highest BCUT2D eigenvalue weighted by atomic mass is 16.6. The Balaban J connectivity index is 1.69. The Bertz CT molecular complexity index is 847. The number of benzene rings is 1. The lowest BCUT2D eigenvalue weighted by molar-refractivity contribution is -0.134. The molecule has 0 unspecified atom stereocenters. The molecular weight excluding hydrogens is 376 g/mol. The highest BCUT2D eigenvalue weighted by molar-refractivity contribution is 5.99. The van der Waals surface area contributed by atoms with E-state index in [0.29, 0.717) is 42.8 Å². The molecule has 156 valence electrons. The highest BCUT2D eigenvalue weighted by Crippen LogP contribution is 2.34. The van der Waals surface area contributed by atoms with Crippen molar-refractivity contribution in [2.75, 3.05) is 20.2 Å². The van der Waals surface area contributed by atoms with E-state index in [-0.39, 0.29) is 12.0 Å². The van der Waals surface area contributed by atoms with Crippen LogP contribution in [0, 0.1) is 0 Å². The second-order valence-corrected chi connectivity index (χ2v) is 8.13. The van der Waals surface area contributed by atoms with E-state index >= 15 is 0 Å². The first-order valence-electron chi connectivity index (χ1n) is 9.50. The standard InChI is InChI=1S/C21H26N2O6/c1-20(2,3)29-19(26)23-11-9-21(10-12-23)22-18(25)15-13-14(5-7-16(15)28-21)6-8-17(24)27-4/h5-8,13H,9-12H2,1-4H3,(H,22,25)/b8-6+. The summed E-state index contributed by atoms with van der Waals surface area (Å²) in [4.78, 5) is 37.8. The van der Waals surface area contributed by atoms with Gasteiger partial charge in [0.2, 0.25) is 0 Å². The Labute approximate surface area is 169 Å². The summed E-state index contributed by atoms with van der Waals surface area (Å²) in [6, 6.07) is 5.14. The van der Waals surface area contributed by atoms with E-state index in [4.69, 9.17) is 9.47 Å². The van der Waals surface area contributed by atoms with Gasteiger partial charge >= 0.3 is 12.1 Å². The zero-order chi connectivity index (χ0) is 21.2. The number of hydrogen-bond donors (Lipinski definition) is 1. The fourth-order valence-electron chi connectivity index (χ4n) is 3.26. The predicted octanol–water partition coefficient (Wildman–Crippen LogP) is 2.72. The fourth-order valence-corrected chi connectivity index (χ4v) is 3.26. The van der Waals surface area contributed by atoms with E-state index in [1.807, 2.05) is 20.8 Å². The molecule has 3 rings (SSSR count). The van der Waals surface area contributed by atoms with Crippen molar-refractivity contribution in [1.82, 2.24) is 10.2 Å². The summed E-state index contributed by atoms with van der Waals surface area (Å²) in [6.07, 6.45) is 3.42. The molecule has 0 radical (unpaired) electrons. The molecule has 29 heavy (non-hydrogen) atoms. The van der Waals surface area contributed by atoms with Gasteiger partial charge in [0.15, 0.2) is 5.72 Å². The van der Waals surface area contributed by atoms with Gasteiger partial charge in [-0.3, -0.25) is 4.79 Å². The number of carbonyl (C=O) groups is 3. The number of ether oxygens (including phenoxy) is 3. The molecule has 8 nitrogen and oxygen atoms in total. The van der Waals surface area contributed by atoms with Crippen LogP contribution < -0.4 is 10.1 Å². The largest absolute Gasteiger partial charge is 0.467 e. The summed E-state index contributed by atoms with van der Waals surface area (Å²) >= 11 is 0. The molecule has 0 bridgehead atoms. The zero-order valence-corrected chi connectivity index (χ0v) is 17.1. The Morgan fingerprint density at radius 2 is 1.93 bits per heavy atom. The molecular formula is C21H26N2O6. The van der Waals surface area contributed by atoms with E-state index < -0.39 is 17.3 Å². The van der Waals surface area contributed by atoms with Crippen molar-refractivity contribution in [2.45, 2.75) is 44.9 Å². The summed E-state index contributed by atoms with van der Waals surface area (Å²) in [6.45, 7) is 6.32. The summed E-state index contributed by atoms with van der Waals surface area (Å²) in [5.41, 5.74) is -0.312. The SMILES string of the molecule is COC(=O)/C=C/c1ccc2c(c1)C(=O)NC1(CCN(C(=O)OC(C)(C)C)CC1)O2. The Morgan fingerprint density at radius 1 is 1.24 bits per heavy atom. The molecule has 1 saturated heterocycles. The first-order valence-corrected chi connectivity index (χ1v) is 9.50. The van der Waals surface area contributed by atoms with Gasteiger partial charge in [0, 0.05) is 32.0 Å². The summed E-state index contributed by atoms with van der Waals surface area (Å²) in [7, 11) is 1.30. The van der Waals surface area contributed by atoms with Crippen LogP contribution in [0.15, 0.2) is 24.3 Å². The lowest BCUT2D eigenvalue weighted by Crippen LogP contribution is -2.61. The van der Waals surface area contributed by atoms with Gasteiger partial charge in [-0.05, 0) is 44.5 Å². The molecule has 2 amide bonds. The molecule has 0 saturated carbocycles. The molecule has 1 N–H and O–H groups in total. The van der Waals surface area contributed by atoms with Crippen molar-refractivity contribution in [3.63, 3.8) is 0 Å². The predicted molar refractivity (Wildman–Crippen MR) is 105 cm³/mol. The molecule has 0 aliphatic carbocycles. The lowest BCUT2D eigenvalue weighted by Gasteiger charge is -2.44. The maximum absolute atomic E-state index is 12.7. The van der Waals surface area contributed by atoms with Crippen LogP contribution in [0.1, 0.15) is 49.5 Å². The number of nitrogens with one attached hydrogen (secondary N) is 1. The highest BCUT2D eigenvalue weighted by Gasteiger charge is 2.43. The third kappa shape index (κ3) is 4.88. The number of carbonyl (C=O) groups excluding carboxylic acids is 3. The van der Waals surface area contributed by atoms with Gasteiger partial charge in [-0.1, -0.05) is 6.07 Å². The van der Waals surface area contributed by atoms with Crippen LogP contribution in [-0.2, 0) is 14.3 Å². The molecule has 1 spiro atoms. The zero-order valence-electron chi connectivity index (χ0n) is 17.1. The Kier molecular flexibility index (Phi) is 5.55. The topological polar surface area (TPSA) is 94.2 Å². The van der Waals surface area contributed by atoms with E-state index in [9.17, 15) is 14.4 Å². The molecule has 8 heteroatoms. The number of nitrogens with zero attached hydrogens (tertiary/aromatic N) is 1. The molecule has 2 heterocycles. The summed E-state index contributed by atoms with van der Waals surface area (Å²) in [5.74, 6) is -0.237. The van der Waals surface area contributed by atoms with Crippen LogP contribution in [0.4, 0.5) is 4.79 Å². The van der Waals surface area contributed by atoms with Gasteiger partial charge in [0.25, 0.3) is 5.91 Å². The number of esters is 1. The van der Waals surface area contributed by atoms with Crippen LogP contribution >= 0.6 is 0 Å². The lowest BCUT2D eigenvalue weighted by atomic mass is 9.96. The number of amides is 2. The van der Waals surface area contributed by atoms with E-state index in [2.05, 4.69) is 10.1 Å². The minimum atomic E-state index is -0.841. The first kappa shape index (κ1) is 20.7. The van der Waals surface area contributed by atoms with Crippen LogP contribution in [0.2, 0.25) is 0 Å². The van der Waals surface area contributed by atoms with Crippen molar-refractivity contribution < 1.29 is 28.6 Å². The van der Waals surface area contributed by atoms with Crippen LogP contribution in [0.25, 0.3) is 6.08 Å². The van der Waals surface area contributed by atoms with Crippen molar-refractivity contribution in [2.24, 2.45) is 0 Å². The molecule has 2 aliphatic rings.